The van der Waals surface area contributed by atoms with Gasteiger partial charge in [0.2, 0.25) is 11.1 Å². The second kappa shape index (κ2) is 8.39. The number of amides is 1. The number of pyridine rings is 1. The monoisotopic (exact) mass is 471 g/mol. The molecular formula is C16H12BrCl2N5OS. The molecule has 3 rings (SSSR count). The Bertz CT molecular complexity index is 966. The molecule has 1 aromatic carbocycles. The minimum absolute atomic E-state index is 0.118. The van der Waals surface area contributed by atoms with Gasteiger partial charge >= 0.3 is 0 Å². The van der Waals surface area contributed by atoms with Crippen molar-refractivity contribution in [2.45, 2.75) is 12.1 Å². The average Bonchev–Trinajstić information content (AvgIpc) is 3.10. The van der Waals surface area contributed by atoms with Gasteiger partial charge in [0.15, 0.2) is 11.6 Å². The Hall–Kier alpha value is -1.61. The smallest absolute Gasteiger partial charge is 0.236 e. The lowest BCUT2D eigenvalue weighted by molar-refractivity contribution is -0.113. The van der Waals surface area contributed by atoms with E-state index in [1.807, 2.05) is 24.3 Å². The Morgan fingerprint density at radius 3 is 2.88 bits per heavy atom. The number of aromatic amines is 1. The van der Waals surface area contributed by atoms with Gasteiger partial charge in [-0.1, -0.05) is 69.1 Å². The molecular weight excluding hydrogens is 461 g/mol. The molecule has 0 spiro atoms. The van der Waals surface area contributed by atoms with Gasteiger partial charge in [-0.05, 0) is 18.6 Å². The number of nitrogens with zero attached hydrogens (tertiary/aromatic N) is 3. The zero-order chi connectivity index (χ0) is 18.7. The Balaban J connectivity index is 1.62. The van der Waals surface area contributed by atoms with E-state index >= 15 is 0 Å². The minimum Gasteiger partial charge on any atom is -0.309 e. The summed E-state index contributed by atoms with van der Waals surface area (Å²) in [4.78, 5) is 20.6. The zero-order valence-corrected chi connectivity index (χ0v) is 17.3. The van der Waals surface area contributed by atoms with Crippen LogP contribution in [0, 0.1) is 6.92 Å². The number of halogens is 3. The first-order chi connectivity index (χ1) is 12.5. The van der Waals surface area contributed by atoms with Crippen LogP contribution in [-0.2, 0) is 4.79 Å². The summed E-state index contributed by atoms with van der Waals surface area (Å²) < 4.78 is 0.907. The van der Waals surface area contributed by atoms with Crippen LogP contribution in [0.3, 0.4) is 0 Å². The van der Waals surface area contributed by atoms with Crippen molar-refractivity contribution in [2.24, 2.45) is 0 Å². The van der Waals surface area contributed by atoms with E-state index in [1.54, 1.807) is 6.92 Å². The Labute approximate surface area is 172 Å². The summed E-state index contributed by atoms with van der Waals surface area (Å²) in [6, 6.07) is 7.67. The molecule has 134 valence electrons. The van der Waals surface area contributed by atoms with E-state index in [0.717, 1.165) is 10.0 Å². The van der Waals surface area contributed by atoms with Crippen molar-refractivity contribution in [1.29, 1.82) is 0 Å². The standard InChI is InChI=1S/C16H12BrCl2N5OS/c1-8-11(18)6-20-15(13(8)19)21-12(25)7-26-16-22-14(23-24-16)9-4-2-3-5-10(9)17/h2-6H,7H2,1H3,(H,20,21,25)(H,22,23,24). The fourth-order valence-corrected chi connectivity index (χ4v) is 3.49. The largest absolute Gasteiger partial charge is 0.309 e. The zero-order valence-electron chi connectivity index (χ0n) is 13.4. The predicted octanol–water partition coefficient (Wildman–Crippen LogP) is 4.98. The fourth-order valence-electron chi connectivity index (χ4n) is 2.03. The molecule has 0 aliphatic rings. The molecule has 0 aliphatic carbocycles. The van der Waals surface area contributed by atoms with Crippen LogP contribution in [0.1, 0.15) is 5.56 Å². The van der Waals surface area contributed by atoms with Crippen LogP contribution in [0.15, 0.2) is 40.1 Å². The molecule has 2 N–H and O–H groups in total. The van der Waals surface area contributed by atoms with Gasteiger partial charge in [0, 0.05) is 16.2 Å². The highest BCUT2D eigenvalue weighted by Crippen LogP contribution is 2.29. The third kappa shape index (κ3) is 4.37. The van der Waals surface area contributed by atoms with E-state index in [0.29, 0.717) is 26.6 Å². The van der Waals surface area contributed by atoms with Crippen LogP contribution in [0.4, 0.5) is 5.82 Å². The van der Waals surface area contributed by atoms with Crippen molar-refractivity contribution in [1.82, 2.24) is 20.2 Å². The topological polar surface area (TPSA) is 83.6 Å². The number of nitrogens with one attached hydrogen (secondary N) is 2. The van der Waals surface area contributed by atoms with Gasteiger partial charge in [0.05, 0.1) is 15.8 Å². The first-order valence-corrected chi connectivity index (χ1v) is 9.89. The maximum Gasteiger partial charge on any atom is 0.236 e. The molecule has 0 unspecified atom stereocenters. The molecule has 0 saturated heterocycles. The number of hydrogen-bond acceptors (Lipinski definition) is 5. The molecule has 6 nitrogen and oxygen atoms in total. The highest BCUT2D eigenvalue weighted by Gasteiger charge is 2.14. The van der Waals surface area contributed by atoms with E-state index in [2.05, 4.69) is 41.4 Å². The highest BCUT2D eigenvalue weighted by atomic mass is 79.9. The molecule has 0 fully saturated rings. The Morgan fingerprint density at radius 2 is 2.12 bits per heavy atom. The maximum atomic E-state index is 12.1. The quantitative estimate of drug-likeness (QED) is 0.512. The van der Waals surface area contributed by atoms with Crippen molar-refractivity contribution in [3.8, 4) is 11.4 Å². The average molecular weight is 473 g/mol. The molecule has 0 saturated carbocycles. The number of rotatable bonds is 5. The molecule has 0 aliphatic heterocycles. The van der Waals surface area contributed by atoms with E-state index in [4.69, 9.17) is 23.2 Å². The fraction of sp³-hybridized carbons (Fsp3) is 0.125. The van der Waals surface area contributed by atoms with Crippen molar-refractivity contribution in [3.63, 3.8) is 0 Å². The van der Waals surface area contributed by atoms with Crippen LogP contribution in [0.2, 0.25) is 10.0 Å². The van der Waals surface area contributed by atoms with E-state index < -0.39 is 0 Å². The Morgan fingerprint density at radius 1 is 1.35 bits per heavy atom. The molecule has 1 amide bonds. The molecule has 0 radical (unpaired) electrons. The van der Waals surface area contributed by atoms with E-state index in [-0.39, 0.29) is 17.5 Å². The summed E-state index contributed by atoms with van der Waals surface area (Å²) >= 11 is 16.8. The molecule has 0 atom stereocenters. The van der Waals surface area contributed by atoms with Gasteiger partial charge in [-0.2, -0.15) is 0 Å². The number of aromatic nitrogens is 4. The van der Waals surface area contributed by atoms with Gasteiger partial charge in [-0.15, -0.1) is 5.10 Å². The maximum absolute atomic E-state index is 12.1. The van der Waals surface area contributed by atoms with Crippen molar-refractivity contribution < 1.29 is 4.79 Å². The number of thioether (sulfide) groups is 1. The summed E-state index contributed by atoms with van der Waals surface area (Å²) in [6.07, 6.45) is 1.45. The predicted molar refractivity (Wildman–Crippen MR) is 108 cm³/mol. The normalized spacial score (nSPS) is 10.8. The number of carbonyl (C=O) groups is 1. The molecule has 3 aromatic rings. The second-order valence-corrected chi connectivity index (χ2v) is 7.76. The minimum atomic E-state index is -0.265. The lowest BCUT2D eigenvalue weighted by Crippen LogP contribution is -2.15. The summed E-state index contributed by atoms with van der Waals surface area (Å²) in [5.74, 6) is 0.757. The SMILES string of the molecule is Cc1c(Cl)cnc(NC(=O)CSc2n[nH]c(-c3ccccc3Br)n2)c1Cl. The number of benzene rings is 1. The molecule has 2 heterocycles. The molecule has 26 heavy (non-hydrogen) atoms. The number of H-pyrrole nitrogens is 1. The van der Waals surface area contributed by atoms with E-state index in [1.165, 1.54) is 18.0 Å². The Kier molecular flexibility index (Phi) is 6.18. The third-order valence-electron chi connectivity index (χ3n) is 3.39. The number of hydrogen-bond donors (Lipinski definition) is 2. The van der Waals surface area contributed by atoms with Gasteiger partial charge in [-0.25, -0.2) is 9.97 Å². The highest BCUT2D eigenvalue weighted by molar-refractivity contribution is 9.10. The number of carbonyl (C=O) groups excluding carboxylic acids is 1. The van der Waals surface area contributed by atoms with E-state index in [9.17, 15) is 4.79 Å². The van der Waals surface area contributed by atoms with Gasteiger partial charge in [0.1, 0.15) is 0 Å². The van der Waals surface area contributed by atoms with Crippen LogP contribution >= 0.6 is 50.9 Å². The lowest BCUT2D eigenvalue weighted by atomic mass is 10.2. The van der Waals surface area contributed by atoms with Crippen LogP contribution in [-0.4, -0.2) is 31.8 Å². The molecule has 2 aromatic heterocycles. The summed E-state index contributed by atoms with van der Waals surface area (Å²) in [5, 5.41) is 10.9. The first kappa shape index (κ1) is 19.2. The summed E-state index contributed by atoms with van der Waals surface area (Å²) in [5.41, 5.74) is 1.56. The third-order valence-corrected chi connectivity index (χ3v) is 5.77. The van der Waals surface area contributed by atoms with Crippen LogP contribution < -0.4 is 5.32 Å². The number of anilines is 1. The summed E-state index contributed by atoms with van der Waals surface area (Å²) in [7, 11) is 0. The molecule has 10 heteroatoms. The van der Waals surface area contributed by atoms with Gasteiger partial charge in [0.25, 0.3) is 0 Å². The van der Waals surface area contributed by atoms with Crippen molar-refractivity contribution in [2.75, 3.05) is 11.1 Å². The van der Waals surface area contributed by atoms with Gasteiger partial charge in [-0.3, -0.25) is 9.89 Å². The second-order valence-electron chi connectivity index (χ2n) is 5.18. The summed E-state index contributed by atoms with van der Waals surface area (Å²) in [6.45, 7) is 1.76. The lowest BCUT2D eigenvalue weighted by Gasteiger charge is -2.08. The molecule has 0 bridgehead atoms. The van der Waals surface area contributed by atoms with Crippen molar-refractivity contribution in [3.05, 3.63) is 50.5 Å². The van der Waals surface area contributed by atoms with Crippen LogP contribution in [0.5, 0.6) is 0 Å². The van der Waals surface area contributed by atoms with Crippen molar-refractivity contribution >= 4 is 62.6 Å². The van der Waals surface area contributed by atoms with Crippen LogP contribution in [0.25, 0.3) is 11.4 Å². The van der Waals surface area contributed by atoms with Gasteiger partial charge < -0.3 is 5.32 Å². The first-order valence-electron chi connectivity index (χ1n) is 7.36.